The van der Waals surface area contributed by atoms with Gasteiger partial charge in [0.2, 0.25) is 11.8 Å². The number of thioether (sulfide) groups is 1. The Morgan fingerprint density at radius 3 is 2.46 bits per heavy atom. The monoisotopic (exact) mass is 368 g/mol. The molecule has 1 N–H and O–H groups in total. The van der Waals surface area contributed by atoms with Gasteiger partial charge in [0, 0.05) is 27.8 Å². The van der Waals surface area contributed by atoms with Crippen LogP contribution in [0.15, 0.2) is 24.3 Å². The van der Waals surface area contributed by atoms with Gasteiger partial charge in [-0.05, 0) is 26.8 Å². The fraction of sp³-hybridized carbons (Fsp3) is 0.556. The van der Waals surface area contributed by atoms with Gasteiger partial charge in [0.1, 0.15) is 11.4 Å². The first-order valence-corrected chi connectivity index (χ1v) is 9.54. The predicted molar refractivity (Wildman–Crippen MR) is 100 cm³/mol. The zero-order valence-electron chi connectivity index (χ0n) is 14.8. The van der Waals surface area contributed by atoms with Crippen LogP contribution in [0.3, 0.4) is 0 Å². The molecule has 24 heavy (non-hydrogen) atoms. The lowest BCUT2D eigenvalue weighted by atomic mass is 10.1. The predicted octanol–water partition coefficient (Wildman–Crippen LogP) is 3.85. The Kier molecular flexibility index (Phi) is 5.87. The molecular formula is C18H25ClN2O2S. The van der Waals surface area contributed by atoms with Crippen molar-refractivity contribution in [3.05, 3.63) is 34.9 Å². The average Bonchev–Trinajstić information content (AvgIpc) is 2.89. The highest BCUT2D eigenvalue weighted by Crippen LogP contribution is 2.44. The molecule has 0 radical (unpaired) electrons. The van der Waals surface area contributed by atoms with E-state index in [1.165, 1.54) is 0 Å². The smallest absolute Gasteiger partial charge is 0.244 e. The minimum atomic E-state index is -0.481. The number of benzene rings is 1. The van der Waals surface area contributed by atoms with Gasteiger partial charge in [-0.25, -0.2) is 0 Å². The zero-order valence-corrected chi connectivity index (χ0v) is 16.4. The standard InChI is InChI=1S/C18H25ClN2O2S/c1-11(2)16(23)21-14(15(22)20-18(3,4)5)10-24-17(21)12-8-6-7-9-13(12)19/h6-9,11,14,17H,10H2,1-5H3,(H,20,22). The van der Waals surface area contributed by atoms with Gasteiger partial charge in [-0.2, -0.15) is 0 Å². The van der Waals surface area contributed by atoms with Gasteiger partial charge >= 0.3 is 0 Å². The lowest BCUT2D eigenvalue weighted by Gasteiger charge is -2.32. The molecule has 1 fully saturated rings. The van der Waals surface area contributed by atoms with Crippen molar-refractivity contribution in [3.63, 3.8) is 0 Å². The van der Waals surface area contributed by atoms with E-state index >= 15 is 0 Å². The Morgan fingerprint density at radius 2 is 1.92 bits per heavy atom. The second-order valence-electron chi connectivity index (χ2n) is 7.36. The largest absolute Gasteiger partial charge is 0.350 e. The third-order valence-electron chi connectivity index (χ3n) is 3.72. The third-order valence-corrected chi connectivity index (χ3v) is 5.37. The Morgan fingerprint density at radius 1 is 1.29 bits per heavy atom. The average molecular weight is 369 g/mol. The van der Waals surface area contributed by atoms with Crippen LogP contribution in [0.1, 0.15) is 45.6 Å². The highest BCUT2D eigenvalue weighted by Gasteiger charge is 2.43. The number of carbonyl (C=O) groups excluding carboxylic acids is 2. The van der Waals surface area contributed by atoms with Gasteiger partial charge in [0.05, 0.1) is 0 Å². The number of rotatable bonds is 3. The number of carbonyl (C=O) groups is 2. The molecule has 1 aromatic rings. The molecule has 2 amide bonds. The number of hydrogen-bond acceptors (Lipinski definition) is 3. The molecule has 0 saturated carbocycles. The first-order chi connectivity index (χ1) is 11.1. The van der Waals surface area contributed by atoms with Gasteiger partial charge in [0.25, 0.3) is 0 Å². The molecule has 1 saturated heterocycles. The van der Waals surface area contributed by atoms with E-state index in [9.17, 15) is 9.59 Å². The Hall–Kier alpha value is -1.20. The fourth-order valence-electron chi connectivity index (χ4n) is 2.64. The summed E-state index contributed by atoms with van der Waals surface area (Å²) in [7, 11) is 0. The minimum absolute atomic E-state index is 0.0287. The molecule has 1 heterocycles. The summed E-state index contributed by atoms with van der Waals surface area (Å²) in [5.41, 5.74) is 0.542. The van der Waals surface area contributed by atoms with Crippen molar-refractivity contribution < 1.29 is 9.59 Å². The highest BCUT2D eigenvalue weighted by molar-refractivity contribution is 7.99. The van der Waals surface area contributed by atoms with Crippen LogP contribution in [-0.2, 0) is 9.59 Å². The number of hydrogen-bond donors (Lipinski definition) is 1. The molecule has 2 rings (SSSR count). The van der Waals surface area contributed by atoms with Crippen molar-refractivity contribution in [1.29, 1.82) is 0 Å². The maximum Gasteiger partial charge on any atom is 0.244 e. The summed E-state index contributed by atoms with van der Waals surface area (Å²) in [5.74, 6) is 0.243. The molecule has 1 aliphatic rings. The Balaban J connectivity index is 2.35. The Bertz CT molecular complexity index is 628. The summed E-state index contributed by atoms with van der Waals surface area (Å²) in [6, 6.07) is 7.03. The number of halogens is 1. The fourth-order valence-corrected chi connectivity index (χ4v) is 4.42. The maximum atomic E-state index is 12.8. The molecule has 6 heteroatoms. The molecule has 0 aliphatic carbocycles. The molecule has 1 aliphatic heterocycles. The normalized spacial score (nSPS) is 21.2. The van der Waals surface area contributed by atoms with Gasteiger partial charge in [0.15, 0.2) is 0 Å². The summed E-state index contributed by atoms with van der Waals surface area (Å²) >= 11 is 7.92. The lowest BCUT2D eigenvalue weighted by Crippen LogP contribution is -2.53. The quantitative estimate of drug-likeness (QED) is 0.881. The number of nitrogens with zero attached hydrogens (tertiary/aromatic N) is 1. The van der Waals surface area contributed by atoms with E-state index < -0.39 is 6.04 Å². The van der Waals surface area contributed by atoms with Crippen LogP contribution in [-0.4, -0.2) is 34.0 Å². The lowest BCUT2D eigenvalue weighted by molar-refractivity contribution is -0.142. The molecule has 132 valence electrons. The van der Waals surface area contributed by atoms with Gasteiger partial charge < -0.3 is 10.2 Å². The van der Waals surface area contributed by atoms with Crippen LogP contribution in [0, 0.1) is 5.92 Å². The van der Waals surface area contributed by atoms with E-state index in [4.69, 9.17) is 11.6 Å². The second-order valence-corrected chi connectivity index (χ2v) is 8.88. The van der Waals surface area contributed by atoms with E-state index in [0.717, 1.165) is 5.56 Å². The van der Waals surface area contributed by atoms with Crippen LogP contribution >= 0.6 is 23.4 Å². The van der Waals surface area contributed by atoms with Crippen molar-refractivity contribution in [2.75, 3.05) is 5.75 Å². The SMILES string of the molecule is CC(C)C(=O)N1C(C(=O)NC(C)(C)C)CSC1c1ccccc1Cl. The van der Waals surface area contributed by atoms with E-state index in [2.05, 4.69) is 5.32 Å². The van der Waals surface area contributed by atoms with E-state index in [1.807, 2.05) is 58.9 Å². The first-order valence-electron chi connectivity index (χ1n) is 8.12. The van der Waals surface area contributed by atoms with E-state index in [-0.39, 0.29) is 28.6 Å². The maximum absolute atomic E-state index is 12.8. The number of amides is 2. The summed E-state index contributed by atoms with van der Waals surface area (Å²) < 4.78 is 0. The molecular weight excluding hydrogens is 344 g/mol. The first kappa shape index (κ1) is 19.1. The van der Waals surface area contributed by atoms with Gasteiger partial charge in [-0.3, -0.25) is 9.59 Å². The van der Waals surface area contributed by atoms with Crippen LogP contribution in [0.4, 0.5) is 0 Å². The van der Waals surface area contributed by atoms with Crippen LogP contribution in [0.2, 0.25) is 5.02 Å². The Labute approximate surface area is 153 Å². The molecule has 4 nitrogen and oxygen atoms in total. The van der Waals surface area contributed by atoms with Crippen molar-refractivity contribution >= 4 is 35.2 Å². The van der Waals surface area contributed by atoms with Crippen LogP contribution < -0.4 is 5.32 Å². The molecule has 0 aromatic heterocycles. The zero-order chi connectivity index (χ0) is 18.1. The topological polar surface area (TPSA) is 49.4 Å². The van der Waals surface area contributed by atoms with E-state index in [1.54, 1.807) is 16.7 Å². The van der Waals surface area contributed by atoms with Crippen molar-refractivity contribution in [2.45, 2.75) is 51.6 Å². The molecule has 1 aromatic carbocycles. The molecule has 0 spiro atoms. The molecule has 2 unspecified atom stereocenters. The van der Waals surface area contributed by atoms with Gasteiger partial charge in [-0.15, -0.1) is 11.8 Å². The highest BCUT2D eigenvalue weighted by atomic mass is 35.5. The van der Waals surface area contributed by atoms with Crippen LogP contribution in [0.5, 0.6) is 0 Å². The molecule has 2 atom stereocenters. The van der Waals surface area contributed by atoms with E-state index in [0.29, 0.717) is 10.8 Å². The van der Waals surface area contributed by atoms with Crippen molar-refractivity contribution in [2.24, 2.45) is 5.92 Å². The van der Waals surface area contributed by atoms with Gasteiger partial charge in [-0.1, -0.05) is 43.6 Å². The summed E-state index contributed by atoms with van der Waals surface area (Å²) in [4.78, 5) is 27.2. The number of nitrogens with one attached hydrogen (secondary N) is 1. The van der Waals surface area contributed by atoms with Crippen molar-refractivity contribution in [1.82, 2.24) is 10.2 Å². The van der Waals surface area contributed by atoms with Crippen molar-refractivity contribution in [3.8, 4) is 0 Å². The second kappa shape index (κ2) is 7.36. The summed E-state index contributed by atoms with van der Waals surface area (Å²) in [6.45, 7) is 9.52. The summed E-state index contributed by atoms with van der Waals surface area (Å²) in [6.07, 6.45) is 0. The third kappa shape index (κ3) is 4.25. The van der Waals surface area contributed by atoms with Crippen LogP contribution in [0.25, 0.3) is 0 Å². The minimum Gasteiger partial charge on any atom is -0.350 e. The summed E-state index contributed by atoms with van der Waals surface area (Å²) in [5, 5.41) is 3.38. The molecule has 0 bridgehead atoms.